The van der Waals surface area contributed by atoms with Crippen molar-refractivity contribution in [1.82, 2.24) is 0 Å². The molecule has 0 aliphatic heterocycles. The average molecular weight is 437 g/mol. The first-order valence-electron chi connectivity index (χ1n) is 9.90. The molecule has 2 aromatic rings. The SMILES string of the molecule is Cc1ccc(C(C)(OP(O)OCl)c2ccc(C)cc2C(C)(C)C)c(C(C)(C)C)c1. The zero-order chi connectivity index (χ0) is 22.2. The number of hydrogen-bond acceptors (Lipinski definition) is 3. The van der Waals surface area contributed by atoms with E-state index in [1.807, 2.05) is 6.92 Å². The first kappa shape index (κ1) is 24.3. The summed E-state index contributed by atoms with van der Waals surface area (Å²) in [4.78, 5) is 10.3. The quantitative estimate of drug-likeness (QED) is 0.491. The van der Waals surface area contributed by atoms with Crippen LogP contribution in [0.1, 0.15) is 81.8 Å². The molecule has 29 heavy (non-hydrogen) atoms. The van der Waals surface area contributed by atoms with Gasteiger partial charge in [-0.3, -0.25) is 4.52 Å². The van der Waals surface area contributed by atoms with Gasteiger partial charge in [-0.1, -0.05) is 89.1 Å². The fourth-order valence-electron chi connectivity index (χ4n) is 3.80. The van der Waals surface area contributed by atoms with Gasteiger partial charge in [0.2, 0.25) is 0 Å². The Morgan fingerprint density at radius 3 is 1.41 bits per heavy atom. The fourth-order valence-corrected chi connectivity index (χ4v) is 4.42. The van der Waals surface area contributed by atoms with E-state index >= 15 is 0 Å². The molecule has 0 aliphatic rings. The number of rotatable bonds is 5. The number of benzene rings is 2. The lowest BCUT2D eigenvalue weighted by Crippen LogP contribution is -2.33. The molecule has 160 valence electrons. The summed E-state index contributed by atoms with van der Waals surface area (Å²) in [6.45, 7) is 19.3. The topological polar surface area (TPSA) is 38.7 Å². The third-order valence-corrected chi connectivity index (χ3v) is 6.31. The maximum Gasteiger partial charge on any atom is 0.348 e. The lowest BCUT2D eigenvalue weighted by atomic mass is 9.72. The average Bonchev–Trinajstić information content (AvgIpc) is 2.59. The molecule has 2 aromatic carbocycles. The molecule has 0 fully saturated rings. The van der Waals surface area contributed by atoms with Gasteiger partial charge in [0, 0.05) is 0 Å². The van der Waals surface area contributed by atoms with E-state index in [4.69, 9.17) is 16.4 Å². The Bertz CT molecular complexity index is 802. The standard InChI is InChI=1S/C24H34ClO3P/c1-16-10-12-18(20(14-16)22(3,4)5)24(9,27-29(26)28-25)19-13-11-17(2)15-21(19)23(6,7)8/h10-15,26H,1-9H3. The van der Waals surface area contributed by atoms with Gasteiger partial charge in [0.15, 0.2) is 0 Å². The second kappa shape index (κ2) is 8.65. The Hall–Kier alpha value is -0.960. The van der Waals surface area contributed by atoms with Crippen molar-refractivity contribution in [3.63, 3.8) is 0 Å². The van der Waals surface area contributed by atoms with Gasteiger partial charge < -0.3 is 4.89 Å². The van der Waals surface area contributed by atoms with Gasteiger partial charge in [0.25, 0.3) is 0 Å². The molecule has 3 nitrogen and oxygen atoms in total. The Kier molecular flexibility index (Phi) is 7.25. The minimum absolute atomic E-state index is 0.113. The van der Waals surface area contributed by atoms with Gasteiger partial charge in [0.05, 0.1) is 11.9 Å². The molecule has 0 aliphatic carbocycles. The predicted molar refractivity (Wildman–Crippen MR) is 123 cm³/mol. The summed E-state index contributed by atoms with van der Waals surface area (Å²) < 4.78 is 10.8. The molecule has 1 atom stereocenters. The maximum atomic E-state index is 10.3. The Balaban J connectivity index is 2.90. The summed E-state index contributed by atoms with van der Waals surface area (Å²) in [7, 11) is -2.26. The van der Waals surface area contributed by atoms with Crippen LogP contribution in [-0.2, 0) is 25.0 Å². The van der Waals surface area contributed by atoms with Crippen molar-refractivity contribution in [2.24, 2.45) is 0 Å². The molecule has 0 aromatic heterocycles. The molecule has 2 rings (SSSR count). The van der Waals surface area contributed by atoms with E-state index in [-0.39, 0.29) is 10.8 Å². The number of aryl methyl sites for hydroxylation is 2. The van der Waals surface area contributed by atoms with Crippen LogP contribution in [-0.4, -0.2) is 4.89 Å². The minimum atomic E-state index is -2.26. The van der Waals surface area contributed by atoms with E-state index in [0.717, 1.165) is 11.1 Å². The van der Waals surface area contributed by atoms with Gasteiger partial charge in [-0.15, -0.1) is 0 Å². The highest BCUT2D eigenvalue weighted by molar-refractivity contribution is 7.41. The van der Waals surface area contributed by atoms with E-state index in [1.54, 1.807) is 0 Å². The van der Waals surface area contributed by atoms with Gasteiger partial charge in [-0.25, -0.2) is 0 Å². The maximum absolute atomic E-state index is 10.3. The monoisotopic (exact) mass is 436 g/mol. The highest BCUT2D eigenvalue weighted by Gasteiger charge is 2.40. The van der Waals surface area contributed by atoms with Crippen molar-refractivity contribution >= 4 is 20.5 Å². The van der Waals surface area contributed by atoms with Crippen LogP contribution >= 0.6 is 20.5 Å². The largest absolute Gasteiger partial charge is 0.348 e. The van der Waals surface area contributed by atoms with Crippen LogP contribution in [0.4, 0.5) is 0 Å². The van der Waals surface area contributed by atoms with Crippen molar-refractivity contribution in [2.75, 3.05) is 0 Å². The van der Waals surface area contributed by atoms with Gasteiger partial charge in [-0.2, -0.15) is 4.08 Å². The molecule has 0 amide bonds. The van der Waals surface area contributed by atoms with Gasteiger partial charge in [-0.05, 0) is 53.9 Å². The summed E-state index contributed by atoms with van der Waals surface area (Å²) in [5.41, 5.74) is 5.53. The van der Waals surface area contributed by atoms with Crippen LogP contribution in [0.2, 0.25) is 0 Å². The minimum Gasteiger partial charge on any atom is -0.327 e. The summed E-state index contributed by atoms with van der Waals surface area (Å²) in [5, 5.41) is 0. The lowest BCUT2D eigenvalue weighted by molar-refractivity contribution is 0.110. The molecule has 0 saturated heterocycles. The normalized spacial score (nSPS) is 14.2. The predicted octanol–water partition coefficient (Wildman–Crippen LogP) is 7.57. The fraction of sp³-hybridized carbons (Fsp3) is 0.500. The zero-order valence-corrected chi connectivity index (χ0v) is 20.7. The highest BCUT2D eigenvalue weighted by Crippen LogP contribution is 2.51. The second-order valence-electron chi connectivity index (χ2n) is 10.0. The highest BCUT2D eigenvalue weighted by atomic mass is 35.5. The molecular formula is C24H34ClO3P. The molecule has 0 radical (unpaired) electrons. The van der Waals surface area contributed by atoms with Crippen molar-refractivity contribution in [3.05, 3.63) is 69.8 Å². The van der Waals surface area contributed by atoms with E-state index in [1.165, 1.54) is 22.3 Å². The molecule has 0 bridgehead atoms. The van der Waals surface area contributed by atoms with Gasteiger partial charge in [0.1, 0.15) is 5.60 Å². The molecular weight excluding hydrogens is 403 g/mol. The van der Waals surface area contributed by atoms with Crippen molar-refractivity contribution in [3.8, 4) is 0 Å². The van der Waals surface area contributed by atoms with Crippen LogP contribution in [0.15, 0.2) is 36.4 Å². The second-order valence-corrected chi connectivity index (χ2v) is 11.2. The Labute approximate surface area is 182 Å². The van der Waals surface area contributed by atoms with Crippen LogP contribution < -0.4 is 0 Å². The molecule has 1 unspecified atom stereocenters. The number of halogens is 1. The van der Waals surface area contributed by atoms with E-state index in [9.17, 15) is 4.89 Å². The zero-order valence-electron chi connectivity index (χ0n) is 19.1. The van der Waals surface area contributed by atoms with E-state index < -0.39 is 14.2 Å². The van der Waals surface area contributed by atoms with E-state index in [2.05, 4.69) is 95.9 Å². The molecule has 0 saturated carbocycles. The summed E-state index contributed by atoms with van der Waals surface area (Å²) in [6.07, 6.45) is 0. The van der Waals surface area contributed by atoms with Crippen LogP contribution in [0.3, 0.4) is 0 Å². The summed E-state index contributed by atoms with van der Waals surface area (Å²) in [5.74, 6) is 0. The van der Waals surface area contributed by atoms with E-state index in [0.29, 0.717) is 0 Å². The van der Waals surface area contributed by atoms with Crippen molar-refractivity contribution in [2.45, 2.75) is 78.7 Å². The molecule has 5 heteroatoms. The van der Waals surface area contributed by atoms with Crippen LogP contribution in [0.25, 0.3) is 0 Å². The summed E-state index contributed by atoms with van der Waals surface area (Å²) >= 11 is 5.50. The van der Waals surface area contributed by atoms with Crippen LogP contribution in [0.5, 0.6) is 0 Å². The van der Waals surface area contributed by atoms with Crippen LogP contribution in [0, 0.1) is 13.8 Å². The smallest absolute Gasteiger partial charge is 0.327 e. The first-order chi connectivity index (χ1) is 13.2. The third kappa shape index (κ3) is 5.40. The van der Waals surface area contributed by atoms with Crippen molar-refractivity contribution < 1.29 is 13.5 Å². The molecule has 1 N–H and O–H groups in total. The van der Waals surface area contributed by atoms with Gasteiger partial charge >= 0.3 is 8.60 Å². The Morgan fingerprint density at radius 2 is 1.10 bits per heavy atom. The first-order valence-corrected chi connectivity index (χ1v) is 11.3. The number of hydrogen-bond donors (Lipinski definition) is 1. The van der Waals surface area contributed by atoms with Crippen molar-refractivity contribution in [1.29, 1.82) is 0 Å². The molecule has 0 heterocycles. The molecule has 0 spiro atoms. The third-order valence-electron chi connectivity index (χ3n) is 5.31. The summed E-state index contributed by atoms with van der Waals surface area (Å²) in [6, 6.07) is 12.8. The Morgan fingerprint density at radius 1 is 0.724 bits per heavy atom. The lowest BCUT2D eigenvalue weighted by Gasteiger charge is -2.39.